The predicted octanol–water partition coefficient (Wildman–Crippen LogP) is 0.507. The average Bonchev–Trinajstić information content (AvgIpc) is 3.25. The minimum Gasteiger partial charge on any atom is -0.444 e. The molecule has 154 valence electrons. The number of esters is 1. The maximum absolute atomic E-state index is 12.7. The first kappa shape index (κ1) is 19.0. The van der Waals surface area contributed by atoms with Crippen molar-refractivity contribution in [3.05, 3.63) is 11.9 Å². The van der Waals surface area contributed by atoms with Gasteiger partial charge in [0.05, 0.1) is 13.1 Å². The fraction of sp³-hybridized carbons (Fsp3) is 0.737. The molecule has 0 bridgehead atoms. The summed E-state index contributed by atoms with van der Waals surface area (Å²) in [6, 6.07) is 0. The van der Waals surface area contributed by atoms with E-state index in [1.54, 1.807) is 11.1 Å². The summed E-state index contributed by atoms with van der Waals surface area (Å²) < 4.78 is 5.34. The van der Waals surface area contributed by atoms with Gasteiger partial charge in [-0.1, -0.05) is 6.42 Å². The second-order valence-corrected chi connectivity index (χ2v) is 7.88. The molecule has 0 aromatic rings. The van der Waals surface area contributed by atoms with Gasteiger partial charge in [0.25, 0.3) is 5.91 Å². The number of hydrogen-bond acceptors (Lipinski definition) is 7. The molecule has 4 rings (SSSR count). The van der Waals surface area contributed by atoms with Crippen LogP contribution in [0.2, 0.25) is 0 Å². The molecule has 9 heteroatoms. The van der Waals surface area contributed by atoms with Gasteiger partial charge in [0, 0.05) is 38.8 Å². The highest BCUT2D eigenvalue weighted by Gasteiger charge is 2.40. The summed E-state index contributed by atoms with van der Waals surface area (Å²) in [5.74, 6) is -0.162. The van der Waals surface area contributed by atoms with Crippen molar-refractivity contribution >= 4 is 17.8 Å². The SMILES string of the molecule is O=C(CCN1CCCCC1=O)OCN1C=C2C(=O)N(N3CCCCC3)CN2C1. The Labute approximate surface area is 165 Å². The van der Waals surface area contributed by atoms with Crippen LogP contribution in [0.5, 0.6) is 0 Å². The Bertz CT molecular complexity index is 661. The Kier molecular flexibility index (Phi) is 5.70. The molecule has 0 saturated carbocycles. The standard InChI is InChI=1S/C19H29N5O4/c25-17-6-2-5-8-21(17)11-7-18(26)28-15-20-12-16-19(27)24(14-22(16)13-20)23-9-3-1-4-10-23/h12H,1-11,13-15H2. The van der Waals surface area contributed by atoms with Crippen LogP contribution >= 0.6 is 0 Å². The Morgan fingerprint density at radius 2 is 1.79 bits per heavy atom. The average molecular weight is 391 g/mol. The first-order chi connectivity index (χ1) is 13.6. The summed E-state index contributed by atoms with van der Waals surface area (Å²) in [5, 5.41) is 3.99. The molecule has 4 heterocycles. The Balaban J connectivity index is 1.21. The number of hydrogen-bond donors (Lipinski definition) is 0. The maximum atomic E-state index is 12.7. The third kappa shape index (κ3) is 4.09. The molecule has 3 saturated heterocycles. The number of carbonyl (C=O) groups excluding carboxylic acids is 3. The lowest BCUT2D eigenvalue weighted by molar-refractivity contribution is -0.148. The molecule has 0 unspecified atom stereocenters. The molecule has 0 aliphatic carbocycles. The van der Waals surface area contributed by atoms with Crippen LogP contribution in [0.25, 0.3) is 0 Å². The number of carbonyl (C=O) groups is 3. The summed E-state index contributed by atoms with van der Waals surface area (Å²) in [5.41, 5.74) is 0.667. The van der Waals surface area contributed by atoms with Gasteiger partial charge < -0.3 is 19.4 Å². The van der Waals surface area contributed by atoms with E-state index >= 15 is 0 Å². The Morgan fingerprint density at radius 3 is 2.54 bits per heavy atom. The zero-order valence-electron chi connectivity index (χ0n) is 16.3. The lowest BCUT2D eigenvalue weighted by atomic mass is 10.1. The van der Waals surface area contributed by atoms with Crippen LogP contribution in [0, 0.1) is 0 Å². The Hall–Kier alpha value is -2.29. The highest BCUT2D eigenvalue weighted by Crippen LogP contribution is 2.27. The second kappa shape index (κ2) is 8.38. The quantitative estimate of drug-likeness (QED) is 0.611. The van der Waals surface area contributed by atoms with E-state index in [-0.39, 0.29) is 30.9 Å². The molecule has 4 aliphatic rings. The van der Waals surface area contributed by atoms with Gasteiger partial charge >= 0.3 is 5.97 Å². The summed E-state index contributed by atoms with van der Waals surface area (Å²) in [7, 11) is 0. The molecular weight excluding hydrogens is 362 g/mol. The van der Waals surface area contributed by atoms with Gasteiger partial charge in [0.2, 0.25) is 5.91 Å². The predicted molar refractivity (Wildman–Crippen MR) is 99.8 cm³/mol. The van der Waals surface area contributed by atoms with Crippen LogP contribution < -0.4 is 0 Å². The molecule has 4 aliphatic heterocycles. The number of likely N-dealkylation sites (tertiary alicyclic amines) is 1. The number of ether oxygens (including phenoxy) is 1. The van der Waals surface area contributed by atoms with E-state index < -0.39 is 0 Å². The third-order valence-corrected chi connectivity index (χ3v) is 5.83. The molecule has 0 spiro atoms. The highest BCUT2D eigenvalue weighted by molar-refractivity contribution is 5.94. The summed E-state index contributed by atoms with van der Waals surface area (Å²) >= 11 is 0. The summed E-state index contributed by atoms with van der Waals surface area (Å²) in [4.78, 5) is 42.1. The van der Waals surface area contributed by atoms with E-state index in [9.17, 15) is 14.4 Å². The fourth-order valence-corrected chi connectivity index (χ4v) is 4.23. The summed E-state index contributed by atoms with van der Waals surface area (Å²) in [6.07, 6.45) is 8.01. The van der Waals surface area contributed by atoms with Gasteiger partial charge in [-0.15, -0.1) is 0 Å². The van der Waals surface area contributed by atoms with E-state index in [1.165, 1.54) is 6.42 Å². The van der Waals surface area contributed by atoms with Crippen molar-refractivity contribution in [1.29, 1.82) is 0 Å². The smallest absolute Gasteiger partial charge is 0.309 e. The molecule has 0 N–H and O–H groups in total. The van der Waals surface area contributed by atoms with Gasteiger partial charge in [0.1, 0.15) is 12.4 Å². The van der Waals surface area contributed by atoms with Gasteiger partial charge in [-0.2, -0.15) is 0 Å². The lowest BCUT2D eigenvalue weighted by Gasteiger charge is -2.34. The van der Waals surface area contributed by atoms with Gasteiger partial charge in [-0.3, -0.25) is 14.4 Å². The van der Waals surface area contributed by atoms with Crippen molar-refractivity contribution in [3.8, 4) is 0 Å². The lowest BCUT2D eigenvalue weighted by Crippen LogP contribution is -2.47. The van der Waals surface area contributed by atoms with Gasteiger partial charge in [-0.05, 0) is 25.7 Å². The van der Waals surface area contributed by atoms with E-state index in [4.69, 9.17) is 4.74 Å². The molecule has 28 heavy (non-hydrogen) atoms. The number of amides is 2. The first-order valence-electron chi connectivity index (χ1n) is 10.3. The highest BCUT2D eigenvalue weighted by atomic mass is 16.5. The van der Waals surface area contributed by atoms with Crippen LogP contribution in [0.3, 0.4) is 0 Å². The number of rotatable bonds is 6. The molecular formula is C19H29N5O4. The normalized spacial score (nSPS) is 23.4. The van der Waals surface area contributed by atoms with E-state index in [0.717, 1.165) is 45.3 Å². The van der Waals surface area contributed by atoms with E-state index in [1.807, 2.05) is 14.8 Å². The second-order valence-electron chi connectivity index (χ2n) is 7.88. The zero-order chi connectivity index (χ0) is 19.5. The summed E-state index contributed by atoms with van der Waals surface area (Å²) in [6.45, 7) is 4.27. The van der Waals surface area contributed by atoms with Crippen molar-refractivity contribution in [2.75, 3.05) is 46.2 Å². The largest absolute Gasteiger partial charge is 0.444 e. The van der Waals surface area contributed by atoms with Crippen LogP contribution in [-0.2, 0) is 19.1 Å². The number of fused-ring (bicyclic) bond motifs is 1. The van der Waals surface area contributed by atoms with Crippen LogP contribution in [0.15, 0.2) is 11.9 Å². The van der Waals surface area contributed by atoms with E-state index in [0.29, 0.717) is 32.0 Å². The van der Waals surface area contributed by atoms with Crippen molar-refractivity contribution in [2.24, 2.45) is 0 Å². The molecule has 3 fully saturated rings. The zero-order valence-corrected chi connectivity index (χ0v) is 16.3. The van der Waals surface area contributed by atoms with Crippen LogP contribution in [-0.4, -0.2) is 88.7 Å². The molecule has 0 radical (unpaired) electrons. The molecule has 0 aromatic heterocycles. The van der Waals surface area contributed by atoms with Gasteiger partial charge in [0.15, 0.2) is 6.73 Å². The van der Waals surface area contributed by atoms with E-state index in [2.05, 4.69) is 5.01 Å². The van der Waals surface area contributed by atoms with Crippen molar-refractivity contribution in [3.63, 3.8) is 0 Å². The number of hydrazine groups is 1. The number of nitrogens with zero attached hydrogens (tertiary/aromatic N) is 5. The monoisotopic (exact) mass is 391 g/mol. The third-order valence-electron chi connectivity index (χ3n) is 5.83. The molecule has 0 aromatic carbocycles. The number of piperidine rings is 2. The van der Waals surface area contributed by atoms with Gasteiger partial charge in [-0.25, -0.2) is 10.0 Å². The maximum Gasteiger partial charge on any atom is 0.309 e. The molecule has 9 nitrogen and oxygen atoms in total. The molecule has 0 atom stereocenters. The van der Waals surface area contributed by atoms with Crippen LogP contribution in [0.1, 0.15) is 44.9 Å². The minimum atomic E-state index is -0.315. The minimum absolute atomic E-state index is 0.0272. The van der Waals surface area contributed by atoms with Crippen molar-refractivity contribution in [1.82, 2.24) is 24.7 Å². The van der Waals surface area contributed by atoms with Crippen molar-refractivity contribution in [2.45, 2.75) is 44.9 Å². The first-order valence-corrected chi connectivity index (χ1v) is 10.3. The fourth-order valence-electron chi connectivity index (χ4n) is 4.23. The molecule has 2 amide bonds. The Morgan fingerprint density at radius 1 is 1.00 bits per heavy atom. The van der Waals surface area contributed by atoms with Crippen molar-refractivity contribution < 1.29 is 19.1 Å². The topological polar surface area (TPSA) is 76.6 Å². The van der Waals surface area contributed by atoms with Crippen LogP contribution in [0.4, 0.5) is 0 Å².